The van der Waals surface area contributed by atoms with Gasteiger partial charge in [-0.2, -0.15) is 0 Å². The quantitative estimate of drug-likeness (QED) is 0.598. The normalized spacial score (nSPS) is 25.4. The second kappa shape index (κ2) is 5.56. The summed E-state index contributed by atoms with van der Waals surface area (Å²) >= 11 is 0. The maximum Gasteiger partial charge on any atom is -0.00205 e. The van der Waals surface area contributed by atoms with Crippen LogP contribution in [0.1, 0.15) is 32.1 Å². The van der Waals surface area contributed by atoms with Gasteiger partial charge < -0.3 is 11.1 Å². The summed E-state index contributed by atoms with van der Waals surface area (Å²) in [6, 6.07) is 0. The van der Waals surface area contributed by atoms with Gasteiger partial charge in [-0.05, 0) is 51.2 Å². The number of rotatable bonds is 4. The highest BCUT2D eigenvalue weighted by Gasteiger charge is 2.11. The predicted octanol–water partition coefficient (Wildman–Crippen LogP) is 1.11. The summed E-state index contributed by atoms with van der Waals surface area (Å²) in [7, 11) is 0. The Hall–Kier alpha value is -0.0800. The van der Waals surface area contributed by atoms with Gasteiger partial charge in [-0.1, -0.05) is 6.42 Å². The lowest BCUT2D eigenvalue weighted by Gasteiger charge is -2.22. The molecule has 11 heavy (non-hydrogen) atoms. The molecular weight excluding hydrogens is 136 g/mol. The second-order valence-corrected chi connectivity index (χ2v) is 3.50. The SMILES string of the molecule is NCCCCC1CCCNC1. The van der Waals surface area contributed by atoms with E-state index in [-0.39, 0.29) is 0 Å². The average molecular weight is 156 g/mol. The molecule has 1 unspecified atom stereocenters. The van der Waals surface area contributed by atoms with Gasteiger partial charge in [0.15, 0.2) is 0 Å². The first-order chi connectivity index (χ1) is 5.43. The highest BCUT2D eigenvalue weighted by Crippen LogP contribution is 2.16. The van der Waals surface area contributed by atoms with Gasteiger partial charge >= 0.3 is 0 Å². The third-order valence-electron chi connectivity index (χ3n) is 2.47. The second-order valence-electron chi connectivity index (χ2n) is 3.50. The summed E-state index contributed by atoms with van der Waals surface area (Å²) in [5, 5.41) is 3.43. The molecule has 1 heterocycles. The Kier molecular flexibility index (Phi) is 4.55. The van der Waals surface area contributed by atoms with Crippen molar-refractivity contribution in [2.24, 2.45) is 11.7 Å². The number of unbranched alkanes of at least 4 members (excludes halogenated alkanes) is 1. The molecule has 66 valence electrons. The van der Waals surface area contributed by atoms with Gasteiger partial charge in [0, 0.05) is 0 Å². The minimum atomic E-state index is 0.861. The Labute approximate surface area is 69.5 Å². The van der Waals surface area contributed by atoms with Crippen LogP contribution in [0.2, 0.25) is 0 Å². The first kappa shape index (κ1) is 9.01. The van der Waals surface area contributed by atoms with Crippen LogP contribution in [0.25, 0.3) is 0 Å². The highest BCUT2D eigenvalue weighted by atomic mass is 14.9. The maximum absolute atomic E-state index is 5.43. The van der Waals surface area contributed by atoms with Crippen LogP contribution in [0.5, 0.6) is 0 Å². The molecule has 1 fully saturated rings. The van der Waals surface area contributed by atoms with Crippen molar-refractivity contribution < 1.29 is 0 Å². The van der Waals surface area contributed by atoms with E-state index in [1.165, 1.54) is 45.2 Å². The largest absolute Gasteiger partial charge is 0.330 e. The van der Waals surface area contributed by atoms with Crippen LogP contribution in [0, 0.1) is 5.92 Å². The molecule has 2 nitrogen and oxygen atoms in total. The molecule has 0 bridgehead atoms. The zero-order chi connectivity index (χ0) is 7.94. The molecule has 1 atom stereocenters. The number of piperidine rings is 1. The lowest BCUT2D eigenvalue weighted by Crippen LogP contribution is -2.29. The van der Waals surface area contributed by atoms with Crippen LogP contribution in [0.3, 0.4) is 0 Å². The first-order valence-corrected chi connectivity index (χ1v) is 4.84. The van der Waals surface area contributed by atoms with E-state index in [4.69, 9.17) is 5.73 Å². The summed E-state index contributed by atoms with van der Waals surface area (Å²) in [5.74, 6) is 0.940. The molecule has 0 spiro atoms. The molecule has 0 amide bonds. The fraction of sp³-hybridized carbons (Fsp3) is 1.00. The monoisotopic (exact) mass is 156 g/mol. The number of nitrogens with two attached hydrogens (primary N) is 1. The molecule has 0 radical (unpaired) electrons. The minimum absolute atomic E-state index is 0.861. The number of hydrogen-bond donors (Lipinski definition) is 2. The van der Waals surface area contributed by atoms with Crippen LogP contribution >= 0.6 is 0 Å². The summed E-state index contributed by atoms with van der Waals surface area (Å²) in [4.78, 5) is 0. The van der Waals surface area contributed by atoms with E-state index in [9.17, 15) is 0 Å². The van der Waals surface area contributed by atoms with E-state index in [2.05, 4.69) is 5.32 Å². The molecular formula is C9H20N2. The zero-order valence-electron chi connectivity index (χ0n) is 7.31. The number of hydrogen-bond acceptors (Lipinski definition) is 2. The molecule has 2 heteroatoms. The maximum atomic E-state index is 5.43. The van der Waals surface area contributed by atoms with Crippen molar-refractivity contribution in [2.75, 3.05) is 19.6 Å². The van der Waals surface area contributed by atoms with E-state index >= 15 is 0 Å². The average Bonchev–Trinajstić information content (AvgIpc) is 2.07. The summed E-state index contributed by atoms with van der Waals surface area (Å²) in [6.45, 7) is 3.33. The van der Waals surface area contributed by atoms with Crippen molar-refractivity contribution in [1.29, 1.82) is 0 Å². The van der Waals surface area contributed by atoms with Gasteiger partial charge in [0.2, 0.25) is 0 Å². The topological polar surface area (TPSA) is 38.0 Å². The Morgan fingerprint density at radius 2 is 2.27 bits per heavy atom. The molecule has 0 aromatic heterocycles. The Morgan fingerprint density at radius 3 is 2.91 bits per heavy atom. The van der Waals surface area contributed by atoms with E-state index in [1.54, 1.807) is 0 Å². The van der Waals surface area contributed by atoms with Crippen molar-refractivity contribution in [2.45, 2.75) is 32.1 Å². The van der Waals surface area contributed by atoms with Crippen molar-refractivity contribution in [3.05, 3.63) is 0 Å². The molecule has 3 N–H and O–H groups in total. The van der Waals surface area contributed by atoms with Crippen molar-refractivity contribution in [3.8, 4) is 0 Å². The molecule has 0 saturated carbocycles. The van der Waals surface area contributed by atoms with Crippen molar-refractivity contribution in [1.82, 2.24) is 5.32 Å². The van der Waals surface area contributed by atoms with Gasteiger partial charge in [-0.15, -0.1) is 0 Å². The molecule has 0 aliphatic carbocycles. The summed E-state index contributed by atoms with van der Waals surface area (Å²) < 4.78 is 0. The smallest absolute Gasteiger partial charge is 0.00205 e. The minimum Gasteiger partial charge on any atom is -0.330 e. The molecule has 0 aromatic rings. The molecule has 1 rings (SSSR count). The predicted molar refractivity (Wildman–Crippen MR) is 48.5 cm³/mol. The van der Waals surface area contributed by atoms with Gasteiger partial charge in [-0.25, -0.2) is 0 Å². The van der Waals surface area contributed by atoms with Gasteiger partial charge in [0.05, 0.1) is 0 Å². The van der Waals surface area contributed by atoms with Crippen molar-refractivity contribution in [3.63, 3.8) is 0 Å². The molecule has 1 aliphatic rings. The molecule has 1 aliphatic heterocycles. The van der Waals surface area contributed by atoms with Crippen molar-refractivity contribution >= 4 is 0 Å². The first-order valence-electron chi connectivity index (χ1n) is 4.84. The van der Waals surface area contributed by atoms with Gasteiger partial charge in [0.1, 0.15) is 0 Å². The van der Waals surface area contributed by atoms with Crippen LogP contribution < -0.4 is 11.1 Å². The fourth-order valence-corrected chi connectivity index (χ4v) is 1.75. The highest BCUT2D eigenvalue weighted by molar-refractivity contribution is 4.68. The lowest BCUT2D eigenvalue weighted by atomic mass is 9.94. The molecule has 0 aromatic carbocycles. The Balaban J connectivity index is 1.96. The van der Waals surface area contributed by atoms with Gasteiger partial charge in [0.25, 0.3) is 0 Å². The van der Waals surface area contributed by atoms with E-state index in [0.29, 0.717) is 0 Å². The van der Waals surface area contributed by atoms with Crippen LogP contribution in [0.15, 0.2) is 0 Å². The summed E-state index contributed by atoms with van der Waals surface area (Å²) in [5.41, 5.74) is 5.43. The zero-order valence-corrected chi connectivity index (χ0v) is 7.31. The van der Waals surface area contributed by atoms with Crippen LogP contribution in [-0.4, -0.2) is 19.6 Å². The lowest BCUT2D eigenvalue weighted by molar-refractivity contribution is 0.348. The number of nitrogens with one attached hydrogen (secondary N) is 1. The van der Waals surface area contributed by atoms with Gasteiger partial charge in [-0.3, -0.25) is 0 Å². The van der Waals surface area contributed by atoms with E-state index in [0.717, 1.165) is 12.5 Å². The van der Waals surface area contributed by atoms with E-state index < -0.39 is 0 Å². The fourth-order valence-electron chi connectivity index (χ4n) is 1.75. The van der Waals surface area contributed by atoms with Crippen LogP contribution in [-0.2, 0) is 0 Å². The Morgan fingerprint density at radius 1 is 1.36 bits per heavy atom. The van der Waals surface area contributed by atoms with Crippen LogP contribution in [0.4, 0.5) is 0 Å². The standard InChI is InChI=1S/C9H20N2/c10-6-2-1-4-9-5-3-7-11-8-9/h9,11H,1-8,10H2. The Bertz CT molecular complexity index is 87.6. The third kappa shape index (κ3) is 3.73. The summed E-state index contributed by atoms with van der Waals surface area (Å²) in [6.07, 6.45) is 6.70. The third-order valence-corrected chi connectivity index (χ3v) is 2.47. The van der Waals surface area contributed by atoms with E-state index in [1.807, 2.05) is 0 Å². The molecule has 1 saturated heterocycles.